The Bertz CT molecular complexity index is 663. The molecule has 0 spiro atoms. The third-order valence-corrected chi connectivity index (χ3v) is 6.45. The van der Waals surface area contributed by atoms with Crippen LogP contribution in [0.1, 0.15) is 76.7 Å². The number of ether oxygens (including phenoxy) is 2. The van der Waals surface area contributed by atoms with Gasteiger partial charge in [0.05, 0.1) is 23.7 Å². The average Bonchev–Trinajstić information content (AvgIpc) is 2.73. The Morgan fingerprint density at radius 2 is 1.79 bits per heavy atom. The van der Waals surface area contributed by atoms with Gasteiger partial charge in [0.2, 0.25) is 0 Å². The van der Waals surface area contributed by atoms with Crippen molar-refractivity contribution in [3.05, 3.63) is 29.8 Å². The molecule has 4 heteroatoms. The molecule has 3 rings (SSSR count). The smallest absolute Gasteiger partial charge is 0.314 e. The van der Waals surface area contributed by atoms with Crippen LogP contribution in [0.25, 0.3) is 0 Å². The van der Waals surface area contributed by atoms with Crippen LogP contribution in [-0.2, 0) is 9.53 Å². The van der Waals surface area contributed by atoms with E-state index in [1.54, 1.807) is 24.3 Å². The molecule has 2 aliphatic carbocycles. The summed E-state index contributed by atoms with van der Waals surface area (Å²) in [6.45, 7) is 3.14. The van der Waals surface area contributed by atoms with E-state index in [-0.39, 0.29) is 11.9 Å². The van der Waals surface area contributed by atoms with E-state index in [4.69, 9.17) is 14.7 Å². The highest BCUT2D eigenvalue weighted by Crippen LogP contribution is 2.43. The van der Waals surface area contributed by atoms with Crippen LogP contribution in [0.3, 0.4) is 0 Å². The van der Waals surface area contributed by atoms with E-state index in [9.17, 15) is 4.79 Å². The van der Waals surface area contributed by atoms with E-state index in [2.05, 4.69) is 13.0 Å². The van der Waals surface area contributed by atoms with Crippen molar-refractivity contribution < 1.29 is 14.3 Å². The Kier molecular flexibility index (Phi) is 7.91. The van der Waals surface area contributed by atoms with Gasteiger partial charge in [-0.2, -0.15) is 5.26 Å². The lowest BCUT2D eigenvalue weighted by Crippen LogP contribution is -2.37. The molecule has 2 saturated carbocycles. The predicted molar refractivity (Wildman–Crippen MR) is 109 cm³/mol. The average molecular weight is 384 g/mol. The van der Waals surface area contributed by atoms with E-state index in [0.29, 0.717) is 29.3 Å². The first-order chi connectivity index (χ1) is 13.7. The van der Waals surface area contributed by atoms with Gasteiger partial charge < -0.3 is 9.47 Å². The molecule has 2 aliphatic rings. The molecule has 0 bridgehead atoms. The van der Waals surface area contributed by atoms with Crippen molar-refractivity contribution >= 4 is 5.97 Å². The second-order valence-corrected chi connectivity index (χ2v) is 8.45. The summed E-state index contributed by atoms with van der Waals surface area (Å²) in [5.74, 6) is 1.76. The summed E-state index contributed by atoms with van der Waals surface area (Å²) < 4.78 is 11.7. The number of esters is 1. The minimum Gasteiger partial charge on any atom is -0.426 e. The van der Waals surface area contributed by atoms with Crippen LogP contribution in [-0.4, -0.2) is 18.7 Å². The highest BCUT2D eigenvalue weighted by atomic mass is 16.5. The fourth-order valence-electron chi connectivity index (χ4n) is 4.79. The largest absolute Gasteiger partial charge is 0.426 e. The number of hydrogen-bond acceptors (Lipinski definition) is 4. The number of carbonyl (C=O) groups excluding carboxylic acids is 1. The van der Waals surface area contributed by atoms with Gasteiger partial charge in [-0.05, 0) is 81.0 Å². The van der Waals surface area contributed by atoms with E-state index in [1.807, 2.05) is 0 Å². The molecular weight excluding hydrogens is 350 g/mol. The number of benzene rings is 1. The normalized spacial score (nSPS) is 26.9. The molecule has 0 amide bonds. The number of fused-ring (bicyclic) bond motifs is 1. The molecule has 1 aromatic rings. The molecule has 0 radical (unpaired) electrons. The van der Waals surface area contributed by atoms with Crippen LogP contribution in [0.2, 0.25) is 0 Å². The summed E-state index contributed by atoms with van der Waals surface area (Å²) in [7, 11) is 0. The van der Waals surface area contributed by atoms with Crippen molar-refractivity contribution in [3.63, 3.8) is 0 Å². The second kappa shape index (κ2) is 10.6. The fourth-order valence-corrected chi connectivity index (χ4v) is 4.79. The number of unbranched alkanes of at least 4 members (excludes halogenated alkanes) is 3. The van der Waals surface area contributed by atoms with Gasteiger partial charge in [0.15, 0.2) is 0 Å². The molecule has 0 aliphatic heterocycles. The van der Waals surface area contributed by atoms with Crippen molar-refractivity contribution in [1.29, 1.82) is 5.26 Å². The molecule has 0 aromatic heterocycles. The molecule has 4 atom stereocenters. The quantitative estimate of drug-likeness (QED) is 0.331. The molecular formula is C24H33NO3. The Labute approximate surface area is 169 Å². The van der Waals surface area contributed by atoms with Gasteiger partial charge in [0.25, 0.3) is 0 Å². The van der Waals surface area contributed by atoms with Crippen molar-refractivity contribution in [2.24, 2.45) is 17.8 Å². The van der Waals surface area contributed by atoms with Gasteiger partial charge in [-0.1, -0.05) is 26.2 Å². The summed E-state index contributed by atoms with van der Waals surface area (Å²) in [6.07, 6.45) is 11.9. The molecule has 0 heterocycles. The number of rotatable bonds is 8. The summed E-state index contributed by atoms with van der Waals surface area (Å²) in [6, 6.07) is 8.84. The first-order valence-corrected chi connectivity index (χ1v) is 11.0. The third-order valence-electron chi connectivity index (χ3n) is 6.45. The van der Waals surface area contributed by atoms with Gasteiger partial charge in [0.1, 0.15) is 5.75 Å². The monoisotopic (exact) mass is 383 g/mol. The third kappa shape index (κ3) is 5.82. The van der Waals surface area contributed by atoms with Gasteiger partial charge >= 0.3 is 5.97 Å². The topological polar surface area (TPSA) is 59.3 Å². The van der Waals surface area contributed by atoms with E-state index < -0.39 is 0 Å². The van der Waals surface area contributed by atoms with Crippen LogP contribution in [0.5, 0.6) is 5.75 Å². The maximum Gasteiger partial charge on any atom is 0.314 e. The van der Waals surface area contributed by atoms with Crippen molar-refractivity contribution in [3.8, 4) is 11.8 Å². The lowest BCUT2D eigenvalue weighted by atomic mass is 9.67. The molecule has 28 heavy (non-hydrogen) atoms. The fraction of sp³-hybridized carbons (Fsp3) is 0.667. The Hall–Kier alpha value is -1.86. The summed E-state index contributed by atoms with van der Waals surface area (Å²) in [5.41, 5.74) is 0.574. The zero-order valence-corrected chi connectivity index (χ0v) is 17.1. The van der Waals surface area contributed by atoms with E-state index >= 15 is 0 Å². The SMILES string of the molecule is CCCCCCOC1CCC2CC(C(=O)Oc3ccc(C#N)cc3)CCC2C1. The van der Waals surface area contributed by atoms with Crippen molar-refractivity contribution in [2.45, 2.75) is 77.2 Å². The molecule has 2 fully saturated rings. The van der Waals surface area contributed by atoms with Crippen LogP contribution in [0.15, 0.2) is 24.3 Å². The number of carbonyl (C=O) groups is 1. The van der Waals surface area contributed by atoms with Crippen LogP contribution in [0, 0.1) is 29.1 Å². The van der Waals surface area contributed by atoms with Crippen LogP contribution < -0.4 is 4.74 Å². The minimum absolute atomic E-state index is 0.00315. The highest BCUT2D eigenvalue weighted by molar-refractivity contribution is 5.75. The van der Waals surface area contributed by atoms with E-state index in [0.717, 1.165) is 38.7 Å². The molecule has 0 N–H and O–H groups in total. The van der Waals surface area contributed by atoms with Gasteiger partial charge in [-0.25, -0.2) is 0 Å². The summed E-state index contributed by atoms with van der Waals surface area (Å²) in [4.78, 5) is 12.6. The Morgan fingerprint density at radius 3 is 2.54 bits per heavy atom. The molecule has 1 aromatic carbocycles. The second-order valence-electron chi connectivity index (χ2n) is 8.45. The number of nitriles is 1. The number of nitrogens with zero attached hydrogens (tertiary/aromatic N) is 1. The summed E-state index contributed by atoms with van der Waals surface area (Å²) >= 11 is 0. The number of hydrogen-bond donors (Lipinski definition) is 0. The Morgan fingerprint density at radius 1 is 1.04 bits per heavy atom. The molecule has 4 nitrogen and oxygen atoms in total. The van der Waals surface area contributed by atoms with Crippen LogP contribution in [0.4, 0.5) is 0 Å². The standard InChI is InChI=1S/C24H33NO3/c1-2-3-4-5-14-27-23-13-10-19-15-21(9-8-20(19)16-23)24(26)28-22-11-6-18(17-25)7-12-22/h6-7,11-12,19-21,23H,2-5,8-10,13-16H2,1H3. The first kappa shape index (κ1) is 20.9. The minimum atomic E-state index is -0.113. The highest BCUT2D eigenvalue weighted by Gasteiger charge is 2.38. The van der Waals surface area contributed by atoms with Gasteiger partial charge in [-0.3, -0.25) is 4.79 Å². The Balaban J connectivity index is 1.41. The maximum atomic E-state index is 12.6. The first-order valence-electron chi connectivity index (χ1n) is 11.0. The van der Waals surface area contributed by atoms with Gasteiger partial charge in [-0.15, -0.1) is 0 Å². The van der Waals surface area contributed by atoms with Crippen molar-refractivity contribution in [1.82, 2.24) is 0 Å². The molecule has 0 saturated heterocycles. The van der Waals surface area contributed by atoms with Crippen molar-refractivity contribution in [2.75, 3.05) is 6.61 Å². The van der Waals surface area contributed by atoms with E-state index in [1.165, 1.54) is 32.1 Å². The van der Waals surface area contributed by atoms with Gasteiger partial charge in [0, 0.05) is 6.61 Å². The molecule has 152 valence electrons. The van der Waals surface area contributed by atoms with Crippen LogP contribution >= 0.6 is 0 Å². The lowest BCUT2D eigenvalue weighted by molar-refractivity contribution is -0.141. The summed E-state index contributed by atoms with van der Waals surface area (Å²) in [5, 5.41) is 8.86. The maximum absolute atomic E-state index is 12.6. The zero-order valence-electron chi connectivity index (χ0n) is 17.1. The lowest BCUT2D eigenvalue weighted by Gasteiger charge is -2.41. The molecule has 4 unspecified atom stereocenters. The zero-order chi connectivity index (χ0) is 19.8. The predicted octanol–water partition coefficient (Wildman–Crippen LogP) is 5.65.